The Bertz CT molecular complexity index is 835. The fraction of sp³-hybridized carbons (Fsp3) is 0.350. The van der Waals surface area contributed by atoms with Gasteiger partial charge in [0.05, 0.1) is 11.9 Å². The van der Waals surface area contributed by atoms with Crippen LogP contribution in [0.2, 0.25) is 0 Å². The van der Waals surface area contributed by atoms with Gasteiger partial charge in [0.1, 0.15) is 5.82 Å². The molecule has 1 aliphatic heterocycles. The number of nitrogens with one attached hydrogen (secondary N) is 1. The molecular weight excluding hydrogens is 310 g/mol. The van der Waals surface area contributed by atoms with E-state index in [1.54, 1.807) is 0 Å². The SMILES string of the molecule is Cc1cc(C)nc(C2CCN(Cc3cn[nH]c3-c3ccccc3)C2)n1. The maximum Gasteiger partial charge on any atom is 0.133 e. The molecule has 0 radical (unpaired) electrons. The molecule has 0 saturated carbocycles. The molecule has 3 heterocycles. The highest BCUT2D eigenvalue weighted by molar-refractivity contribution is 5.62. The Hall–Kier alpha value is -2.53. The van der Waals surface area contributed by atoms with Crippen LogP contribution in [0.4, 0.5) is 0 Å². The van der Waals surface area contributed by atoms with Crippen molar-refractivity contribution in [3.8, 4) is 11.3 Å². The summed E-state index contributed by atoms with van der Waals surface area (Å²) in [5.41, 5.74) is 5.66. The highest BCUT2D eigenvalue weighted by Gasteiger charge is 2.27. The molecule has 128 valence electrons. The van der Waals surface area contributed by atoms with Gasteiger partial charge in [-0.3, -0.25) is 10.00 Å². The molecule has 1 atom stereocenters. The molecule has 2 aromatic heterocycles. The quantitative estimate of drug-likeness (QED) is 0.794. The van der Waals surface area contributed by atoms with E-state index in [0.717, 1.165) is 49.0 Å². The van der Waals surface area contributed by atoms with E-state index >= 15 is 0 Å². The van der Waals surface area contributed by atoms with Gasteiger partial charge in [-0.1, -0.05) is 30.3 Å². The third-order valence-corrected chi connectivity index (χ3v) is 4.81. The molecule has 5 heteroatoms. The largest absolute Gasteiger partial charge is 0.298 e. The zero-order valence-electron chi connectivity index (χ0n) is 14.7. The number of aryl methyl sites for hydroxylation is 2. The van der Waals surface area contributed by atoms with Gasteiger partial charge in [0.15, 0.2) is 0 Å². The van der Waals surface area contributed by atoms with Gasteiger partial charge in [-0.15, -0.1) is 0 Å². The molecule has 1 aliphatic rings. The normalized spacial score (nSPS) is 17.9. The summed E-state index contributed by atoms with van der Waals surface area (Å²) >= 11 is 0. The molecule has 1 fully saturated rings. The fourth-order valence-corrected chi connectivity index (χ4v) is 3.65. The Morgan fingerprint density at radius 3 is 2.64 bits per heavy atom. The van der Waals surface area contributed by atoms with Crippen molar-refractivity contribution >= 4 is 0 Å². The van der Waals surface area contributed by atoms with Crippen molar-refractivity contribution in [1.29, 1.82) is 0 Å². The predicted molar refractivity (Wildman–Crippen MR) is 98.2 cm³/mol. The van der Waals surface area contributed by atoms with Gasteiger partial charge >= 0.3 is 0 Å². The van der Waals surface area contributed by atoms with Gasteiger partial charge in [0, 0.05) is 36.0 Å². The van der Waals surface area contributed by atoms with Crippen LogP contribution in [-0.2, 0) is 6.54 Å². The number of benzene rings is 1. The number of aromatic amines is 1. The van der Waals surface area contributed by atoms with Crippen molar-refractivity contribution in [3.05, 3.63) is 65.4 Å². The second-order valence-corrected chi connectivity index (χ2v) is 6.87. The van der Waals surface area contributed by atoms with Crippen molar-refractivity contribution in [2.24, 2.45) is 0 Å². The van der Waals surface area contributed by atoms with Crippen LogP contribution in [-0.4, -0.2) is 38.2 Å². The lowest BCUT2D eigenvalue weighted by Gasteiger charge is -2.16. The molecule has 0 amide bonds. The third kappa shape index (κ3) is 3.46. The van der Waals surface area contributed by atoms with E-state index < -0.39 is 0 Å². The first-order valence-corrected chi connectivity index (χ1v) is 8.81. The molecule has 3 aromatic rings. The lowest BCUT2D eigenvalue weighted by atomic mass is 10.1. The van der Waals surface area contributed by atoms with E-state index in [1.165, 1.54) is 11.1 Å². The molecule has 0 bridgehead atoms. The van der Waals surface area contributed by atoms with Crippen molar-refractivity contribution in [3.63, 3.8) is 0 Å². The molecule has 1 saturated heterocycles. The molecule has 25 heavy (non-hydrogen) atoms. The third-order valence-electron chi connectivity index (χ3n) is 4.81. The van der Waals surface area contributed by atoms with E-state index in [1.807, 2.05) is 32.2 Å². The second kappa shape index (κ2) is 6.76. The van der Waals surface area contributed by atoms with Crippen LogP contribution < -0.4 is 0 Å². The number of aromatic nitrogens is 4. The predicted octanol–water partition coefficient (Wildman–Crippen LogP) is 3.47. The summed E-state index contributed by atoms with van der Waals surface area (Å²) in [6.45, 7) is 7.07. The molecular formula is C20H23N5. The van der Waals surface area contributed by atoms with Gasteiger partial charge in [-0.05, 0) is 38.4 Å². The van der Waals surface area contributed by atoms with E-state index in [9.17, 15) is 0 Å². The Morgan fingerprint density at radius 2 is 1.88 bits per heavy atom. The summed E-state index contributed by atoms with van der Waals surface area (Å²) in [6, 6.07) is 12.4. The van der Waals surface area contributed by atoms with Crippen LogP contribution in [0.5, 0.6) is 0 Å². The first-order valence-electron chi connectivity index (χ1n) is 8.81. The fourth-order valence-electron chi connectivity index (χ4n) is 3.65. The summed E-state index contributed by atoms with van der Waals surface area (Å²) in [7, 11) is 0. The van der Waals surface area contributed by atoms with Crippen molar-refractivity contribution in [2.45, 2.75) is 32.7 Å². The summed E-state index contributed by atoms with van der Waals surface area (Å²) < 4.78 is 0. The topological polar surface area (TPSA) is 57.7 Å². The van der Waals surface area contributed by atoms with Gasteiger partial charge in [0.2, 0.25) is 0 Å². The van der Waals surface area contributed by atoms with E-state index in [2.05, 4.69) is 49.3 Å². The Labute approximate surface area is 148 Å². The lowest BCUT2D eigenvalue weighted by molar-refractivity contribution is 0.326. The van der Waals surface area contributed by atoms with Crippen LogP contribution in [0.1, 0.15) is 35.1 Å². The smallest absolute Gasteiger partial charge is 0.133 e. The van der Waals surface area contributed by atoms with Crippen LogP contribution in [0.3, 0.4) is 0 Å². The monoisotopic (exact) mass is 333 g/mol. The minimum absolute atomic E-state index is 0.422. The lowest BCUT2D eigenvalue weighted by Crippen LogP contribution is -2.20. The minimum atomic E-state index is 0.422. The molecule has 0 aliphatic carbocycles. The van der Waals surface area contributed by atoms with Gasteiger partial charge in [0.25, 0.3) is 0 Å². The van der Waals surface area contributed by atoms with E-state index in [-0.39, 0.29) is 0 Å². The Kier molecular flexibility index (Phi) is 4.32. The minimum Gasteiger partial charge on any atom is -0.298 e. The highest BCUT2D eigenvalue weighted by atomic mass is 15.2. The van der Waals surface area contributed by atoms with Crippen LogP contribution in [0.15, 0.2) is 42.6 Å². The van der Waals surface area contributed by atoms with E-state index in [0.29, 0.717) is 5.92 Å². The van der Waals surface area contributed by atoms with Gasteiger partial charge in [-0.2, -0.15) is 5.10 Å². The zero-order chi connectivity index (χ0) is 17.2. The maximum absolute atomic E-state index is 4.66. The number of H-pyrrole nitrogens is 1. The molecule has 4 rings (SSSR count). The maximum atomic E-state index is 4.66. The number of likely N-dealkylation sites (tertiary alicyclic amines) is 1. The van der Waals surface area contributed by atoms with Crippen LogP contribution >= 0.6 is 0 Å². The van der Waals surface area contributed by atoms with Gasteiger partial charge in [-0.25, -0.2) is 9.97 Å². The molecule has 0 spiro atoms. The molecule has 1 aromatic carbocycles. The highest BCUT2D eigenvalue weighted by Crippen LogP contribution is 2.28. The standard InChI is InChI=1S/C20H23N5/c1-14-10-15(2)23-20(22-14)17-8-9-25(12-17)13-18-11-21-24-19(18)16-6-4-3-5-7-16/h3-7,10-11,17H,8-9,12-13H2,1-2H3,(H,21,24). The number of nitrogens with zero attached hydrogens (tertiary/aromatic N) is 4. The van der Waals surface area contributed by atoms with E-state index in [4.69, 9.17) is 0 Å². The summed E-state index contributed by atoms with van der Waals surface area (Å²) in [6.07, 6.45) is 3.06. The summed E-state index contributed by atoms with van der Waals surface area (Å²) in [5, 5.41) is 7.42. The second-order valence-electron chi connectivity index (χ2n) is 6.87. The molecule has 1 unspecified atom stereocenters. The van der Waals surface area contributed by atoms with Crippen molar-refractivity contribution < 1.29 is 0 Å². The van der Waals surface area contributed by atoms with Gasteiger partial charge < -0.3 is 0 Å². The van der Waals surface area contributed by atoms with Crippen LogP contribution in [0.25, 0.3) is 11.3 Å². The number of rotatable bonds is 4. The number of hydrogen-bond acceptors (Lipinski definition) is 4. The van der Waals surface area contributed by atoms with Crippen LogP contribution in [0, 0.1) is 13.8 Å². The van der Waals surface area contributed by atoms with Crippen molar-refractivity contribution in [2.75, 3.05) is 13.1 Å². The number of hydrogen-bond donors (Lipinski definition) is 1. The Balaban J connectivity index is 1.48. The summed E-state index contributed by atoms with van der Waals surface area (Å²) in [5.74, 6) is 1.42. The average Bonchev–Trinajstić information content (AvgIpc) is 3.25. The summed E-state index contributed by atoms with van der Waals surface area (Å²) in [4.78, 5) is 11.8. The molecule has 5 nitrogen and oxygen atoms in total. The first-order chi connectivity index (χ1) is 12.2. The molecule has 1 N–H and O–H groups in total. The zero-order valence-corrected chi connectivity index (χ0v) is 14.7. The van der Waals surface area contributed by atoms with Crippen molar-refractivity contribution in [1.82, 2.24) is 25.1 Å². The Morgan fingerprint density at radius 1 is 1.12 bits per heavy atom. The first kappa shape index (κ1) is 16.0. The average molecular weight is 333 g/mol.